The zero-order valence-corrected chi connectivity index (χ0v) is 35.5. The molecule has 0 unspecified atom stereocenters. The molecule has 2 nitrogen and oxygen atoms in total. The second kappa shape index (κ2) is 14.2. The summed E-state index contributed by atoms with van der Waals surface area (Å²) in [5.41, 5.74) is 17.1. The Morgan fingerprint density at radius 2 is 0.836 bits per heavy atom. The van der Waals surface area contributed by atoms with E-state index in [0.29, 0.717) is 0 Å². The predicted molar refractivity (Wildman–Crippen MR) is 259 cm³/mol. The van der Waals surface area contributed by atoms with Gasteiger partial charge in [-0.15, -0.1) is 0 Å². The largest absolute Gasteiger partial charge is 0.311 e. The van der Waals surface area contributed by atoms with Crippen molar-refractivity contribution >= 4 is 62.4 Å². The normalized spacial score (nSPS) is 13.4. The molecular weight excluding hydrogens is 777 g/mol. The van der Waals surface area contributed by atoms with Crippen LogP contribution in [0.2, 0.25) is 0 Å². The van der Waals surface area contributed by atoms with E-state index in [1.165, 1.54) is 85.9 Å². The van der Waals surface area contributed by atoms with Gasteiger partial charge in [0.1, 0.15) is 0 Å². The van der Waals surface area contributed by atoms with Crippen LogP contribution in [0.1, 0.15) is 25.0 Å². The maximum Gasteiger partial charge on any atom is 0.0544 e. The van der Waals surface area contributed by atoms with Crippen molar-refractivity contribution in [3.05, 3.63) is 217 Å². The Morgan fingerprint density at radius 3 is 1.43 bits per heavy atom. The summed E-state index contributed by atoms with van der Waals surface area (Å²) in [6.07, 6.45) is 0. The summed E-state index contributed by atoms with van der Waals surface area (Å²) in [6, 6.07) is 75.8. The van der Waals surface area contributed by atoms with Gasteiger partial charge in [0.2, 0.25) is 0 Å². The van der Waals surface area contributed by atoms with Crippen LogP contribution in [0.3, 0.4) is 0 Å². The summed E-state index contributed by atoms with van der Waals surface area (Å²) in [4.78, 5) is 7.75. The molecule has 0 N–H and O–H groups in total. The van der Waals surface area contributed by atoms with Crippen LogP contribution in [0.15, 0.2) is 226 Å². The van der Waals surface area contributed by atoms with Gasteiger partial charge in [-0.25, -0.2) is 0 Å². The number of aromatic nitrogens is 1. The van der Waals surface area contributed by atoms with Gasteiger partial charge in [-0.2, -0.15) is 0 Å². The third-order valence-corrected chi connectivity index (χ3v) is 15.2. The van der Waals surface area contributed by atoms with Gasteiger partial charge in [0.15, 0.2) is 0 Å². The van der Waals surface area contributed by atoms with E-state index in [1.807, 2.05) is 23.5 Å². The lowest BCUT2D eigenvalue weighted by Crippen LogP contribution is -2.15. The number of para-hydroxylation sites is 1. The average Bonchev–Trinajstić information content (AvgIpc) is 3.75. The maximum atomic E-state index is 2.49. The Balaban J connectivity index is 0.961. The second-order valence-electron chi connectivity index (χ2n) is 16.6. The van der Waals surface area contributed by atoms with E-state index in [2.05, 4.69) is 230 Å². The van der Waals surface area contributed by atoms with Crippen molar-refractivity contribution in [3.63, 3.8) is 0 Å². The summed E-state index contributed by atoms with van der Waals surface area (Å²) in [5.74, 6) is 0. The van der Waals surface area contributed by atoms with Crippen LogP contribution in [0.4, 0.5) is 17.1 Å². The Morgan fingerprint density at radius 1 is 0.377 bits per heavy atom. The van der Waals surface area contributed by atoms with E-state index < -0.39 is 0 Å². The predicted octanol–water partition coefficient (Wildman–Crippen LogP) is 16.5. The molecule has 9 aromatic carbocycles. The highest BCUT2D eigenvalue weighted by Crippen LogP contribution is 2.56. The second-order valence-corrected chi connectivity index (χ2v) is 18.7. The number of rotatable bonds is 6. The lowest BCUT2D eigenvalue weighted by molar-refractivity contribution is 0.658. The first-order valence-corrected chi connectivity index (χ1v) is 22.5. The van der Waals surface area contributed by atoms with E-state index in [-0.39, 0.29) is 5.41 Å². The molecule has 0 atom stereocenters. The molecule has 0 saturated carbocycles. The van der Waals surface area contributed by atoms with Crippen LogP contribution >= 0.6 is 23.5 Å². The molecule has 290 valence electrons. The molecule has 1 aromatic heterocycles. The Hall–Kier alpha value is -6.72. The van der Waals surface area contributed by atoms with E-state index in [4.69, 9.17) is 0 Å². The quantitative estimate of drug-likeness (QED) is 0.165. The highest BCUT2D eigenvalue weighted by Gasteiger charge is 2.38. The molecule has 2 aliphatic rings. The van der Waals surface area contributed by atoms with Gasteiger partial charge >= 0.3 is 0 Å². The molecular formula is C57H40N2S2. The van der Waals surface area contributed by atoms with Gasteiger partial charge in [0.25, 0.3) is 0 Å². The summed E-state index contributed by atoms with van der Waals surface area (Å²) < 4.78 is 2.47. The van der Waals surface area contributed by atoms with Crippen molar-refractivity contribution in [2.24, 2.45) is 0 Å². The molecule has 0 saturated heterocycles. The maximum absolute atomic E-state index is 2.49. The number of benzene rings is 9. The minimum absolute atomic E-state index is 0.145. The fourth-order valence-corrected chi connectivity index (χ4v) is 11.8. The summed E-state index contributed by atoms with van der Waals surface area (Å²) in [5, 5.41) is 2.55. The molecule has 0 amide bonds. The molecule has 0 spiro atoms. The van der Waals surface area contributed by atoms with Gasteiger partial charge in [-0.05, 0) is 136 Å². The van der Waals surface area contributed by atoms with Crippen molar-refractivity contribution in [2.45, 2.75) is 38.8 Å². The number of hydrogen-bond donors (Lipinski definition) is 0. The Bertz CT molecular complexity index is 3210. The molecule has 2 heterocycles. The van der Waals surface area contributed by atoms with Crippen molar-refractivity contribution in [1.29, 1.82) is 0 Å². The zero-order chi connectivity index (χ0) is 40.7. The van der Waals surface area contributed by atoms with E-state index in [1.54, 1.807) is 0 Å². The van der Waals surface area contributed by atoms with E-state index in [9.17, 15) is 0 Å². The number of hydrogen-bond acceptors (Lipinski definition) is 3. The van der Waals surface area contributed by atoms with Gasteiger partial charge in [0, 0.05) is 58.5 Å². The first-order chi connectivity index (χ1) is 30.0. The minimum atomic E-state index is -0.145. The Labute approximate surface area is 365 Å². The van der Waals surface area contributed by atoms with Gasteiger partial charge in [0.05, 0.1) is 11.0 Å². The van der Waals surface area contributed by atoms with Crippen LogP contribution in [0, 0.1) is 0 Å². The van der Waals surface area contributed by atoms with Crippen molar-refractivity contribution in [2.75, 3.05) is 4.90 Å². The number of anilines is 3. The van der Waals surface area contributed by atoms with Crippen molar-refractivity contribution in [1.82, 2.24) is 4.57 Å². The fraction of sp³-hybridized carbons (Fsp3) is 0.0526. The molecule has 1 aliphatic carbocycles. The average molecular weight is 817 g/mol. The molecule has 61 heavy (non-hydrogen) atoms. The monoisotopic (exact) mass is 816 g/mol. The summed E-state index contributed by atoms with van der Waals surface area (Å²) in [6.45, 7) is 4.80. The highest BCUT2D eigenvalue weighted by molar-refractivity contribution is 8.05. The minimum Gasteiger partial charge on any atom is -0.311 e. The topological polar surface area (TPSA) is 8.17 Å². The smallest absolute Gasteiger partial charge is 0.0544 e. The molecule has 0 radical (unpaired) electrons. The van der Waals surface area contributed by atoms with Crippen molar-refractivity contribution < 1.29 is 0 Å². The zero-order valence-electron chi connectivity index (χ0n) is 33.8. The van der Waals surface area contributed by atoms with Crippen LogP contribution in [0.25, 0.3) is 60.9 Å². The summed E-state index contributed by atoms with van der Waals surface area (Å²) >= 11 is 3.81. The van der Waals surface area contributed by atoms with Crippen molar-refractivity contribution in [3.8, 4) is 39.1 Å². The van der Waals surface area contributed by atoms with E-state index >= 15 is 0 Å². The molecule has 4 heteroatoms. The third-order valence-electron chi connectivity index (χ3n) is 12.7. The lowest BCUT2D eigenvalue weighted by atomic mass is 9.82. The SMILES string of the molecule is CC1(C)c2cc3c(cc2-c2cc4c5ccccc5n(-c5ccc(N(c6ccc(-c7ccccc7)cc6)c6ccc(-c7ccccc7)cc6)cc5)c4cc21)Sc1ccccc1S3. The summed E-state index contributed by atoms with van der Waals surface area (Å²) in [7, 11) is 0. The van der Waals surface area contributed by atoms with Crippen LogP contribution < -0.4 is 4.90 Å². The van der Waals surface area contributed by atoms with Crippen LogP contribution in [-0.2, 0) is 5.41 Å². The van der Waals surface area contributed by atoms with Gasteiger partial charge < -0.3 is 9.47 Å². The molecule has 1 aliphatic heterocycles. The first kappa shape index (κ1) is 36.2. The van der Waals surface area contributed by atoms with Crippen LogP contribution in [0.5, 0.6) is 0 Å². The molecule has 10 aromatic rings. The highest BCUT2D eigenvalue weighted by atomic mass is 32.2. The number of fused-ring (bicyclic) bond motifs is 8. The molecule has 12 rings (SSSR count). The number of nitrogens with zero attached hydrogens (tertiary/aromatic N) is 2. The Kier molecular flexibility index (Phi) is 8.42. The first-order valence-electron chi connectivity index (χ1n) is 20.9. The van der Waals surface area contributed by atoms with Crippen LogP contribution in [-0.4, -0.2) is 4.57 Å². The fourth-order valence-electron chi connectivity index (χ4n) is 9.56. The van der Waals surface area contributed by atoms with Gasteiger partial charge in [-0.3, -0.25) is 0 Å². The molecule has 0 fully saturated rings. The van der Waals surface area contributed by atoms with Gasteiger partial charge in [-0.1, -0.05) is 153 Å². The lowest BCUT2D eigenvalue weighted by Gasteiger charge is -2.26. The molecule has 0 bridgehead atoms. The van der Waals surface area contributed by atoms with E-state index in [0.717, 1.165) is 22.7 Å². The third kappa shape index (κ3) is 5.96. The standard InChI is InChI=1S/C57H40N2S2/c1-57(2)49-35-52-48(33-46(49)47-34-55-56(36-50(47)57)61-54-20-12-11-19-53(54)60-55)45-17-9-10-18-51(45)59(52)44-31-29-43(30-32-44)58(41-25-21-39(22-26-41)37-13-5-3-6-14-37)42-27-23-40(24-28-42)38-15-7-4-8-16-38/h3-36H,1-2H3.